The minimum atomic E-state index is 0.721. The zero-order valence-corrected chi connectivity index (χ0v) is 11.2. The molecule has 0 aliphatic heterocycles. The van der Waals surface area contributed by atoms with Crippen LogP contribution in [0.4, 0.5) is 0 Å². The average Bonchev–Trinajstić information content (AvgIpc) is 2.95. The van der Waals surface area contributed by atoms with E-state index in [1.54, 1.807) is 0 Å². The highest BCUT2D eigenvalue weighted by atomic mass is 15.2. The molecule has 0 saturated heterocycles. The van der Waals surface area contributed by atoms with Crippen LogP contribution < -0.4 is 5.32 Å². The summed E-state index contributed by atoms with van der Waals surface area (Å²) in [5.41, 5.74) is 0. The van der Waals surface area contributed by atoms with Crippen LogP contribution in [0.25, 0.3) is 0 Å². The predicted molar refractivity (Wildman–Crippen MR) is 69.6 cm³/mol. The summed E-state index contributed by atoms with van der Waals surface area (Å²) in [6.07, 6.45) is 7.19. The molecular weight excluding hydrogens is 196 g/mol. The van der Waals surface area contributed by atoms with E-state index < -0.39 is 0 Å². The Morgan fingerprint density at radius 3 is 2.44 bits per heavy atom. The van der Waals surface area contributed by atoms with E-state index in [2.05, 4.69) is 31.1 Å². The first-order valence-corrected chi connectivity index (χ1v) is 7.12. The summed E-state index contributed by atoms with van der Waals surface area (Å²) in [5, 5.41) is 3.50. The first kappa shape index (κ1) is 12.4. The SMILES string of the molecule is CNC1CCCC1CN(CC1CC1)C(C)C. The van der Waals surface area contributed by atoms with Crippen molar-refractivity contribution in [3.63, 3.8) is 0 Å². The van der Waals surface area contributed by atoms with Crippen molar-refractivity contribution in [1.29, 1.82) is 0 Å². The quantitative estimate of drug-likeness (QED) is 0.746. The van der Waals surface area contributed by atoms with Crippen molar-refractivity contribution < 1.29 is 0 Å². The third-order valence-corrected chi connectivity index (χ3v) is 4.42. The molecule has 0 spiro atoms. The van der Waals surface area contributed by atoms with E-state index in [-0.39, 0.29) is 0 Å². The first-order valence-electron chi connectivity index (χ1n) is 7.12. The van der Waals surface area contributed by atoms with Crippen LogP contribution in [0.15, 0.2) is 0 Å². The van der Waals surface area contributed by atoms with Crippen molar-refractivity contribution in [2.75, 3.05) is 20.1 Å². The molecule has 2 heteroatoms. The number of hydrogen-bond acceptors (Lipinski definition) is 2. The summed E-state index contributed by atoms with van der Waals surface area (Å²) in [7, 11) is 2.13. The highest BCUT2D eigenvalue weighted by Crippen LogP contribution is 2.32. The third kappa shape index (κ3) is 3.21. The molecule has 0 amide bonds. The Hall–Kier alpha value is -0.0800. The standard InChI is InChI=1S/C14H28N2/c1-11(2)16(9-12-7-8-12)10-13-5-4-6-14(13)15-3/h11-15H,4-10H2,1-3H3. The van der Waals surface area contributed by atoms with Crippen LogP contribution in [0.5, 0.6) is 0 Å². The van der Waals surface area contributed by atoms with Crippen molar-refractivity contribution in [2.45, 2.75) is 58.0 Å². The lowest BCUT2D eigenvalue weighted by atomic mass is 10.0. The van der Waals surface area contributed by atoms with Crippen molar-refractivity contribution in [1.82, 2.24) is 10.2 Å². The van der Waals surface area contributed by atoms with Crippen molar-refractivity contribution in [3.8, 4) is 0 Å². The van der Waals surface area contributed by atoms with Crippen LogP contribution in [0.1, 0.15) is 46.0 Å². The van der Waals surface area contributed by atoms with E-state index >= 15 is 0 Å². The van der Waals surface area contributed by atoms with Gasteiger partial charge in [0.25, 0.3) is 0 Å². The fourth-order valence-corrected chi connectivity index (χ4v) is 3.06. The summed E-state index contributed by atoms with van der Waals surface area (Å²) in [6, 6.07) is 1.50. The van der Waals surface area contributed by atoms with Gasteiger partial charge < -0.3 is 10.2 Å². The van der Waals surface area contributed by atoms with Gasteiger partial charge in [0, 0.05) is 25.2 Å². The lowest BCUT2D eigenvalue weighted by Gasteiger charge is -2.31. The minimum Gasteiger partial charge on any atom is -0.317 e. The summed E-state index contributed by atoms with van der Waals surface area (Å²) in [6.45, 7) is 7.38. The van der Waals surface area contributed by atoms with Crippen molar-refractivity contribution in [3.05, 3.63) is 0 Å². The predicted octanol–water partition coefficient (Wildman–Crippen LogP) is 2.49. The molecule has 0 aromatic heterocycles. The van der Waals surface area contributed by atoms with Gasteiger partial charge in [-0.05, 0) is 58.4 Å². The highest BCUT2D eigenvalue weighted by Gasteiger charge is 2.31. The van der Waals surface area contributed by atoms with Crippen LogP contribution in [0.3, 0.4) is 0 Å². The van der Waals surface area contributed by atoms with E-state index in [0.717, 1.165) is 23.9 Å². The third-order valence-electron chi connectivity index (χ3n) is 4.42. The maximum atomic E-state index is 3.50. The van der Waals surface area contributed by atoms with Crippen LogP contribution in [-0.4, -0.2) is 37.1 Å². The van der Waals surface area contributed by atoms with E-state index in [0.29, 0.717) is 0 Å². The van der Waals surface area contributed by atoms with Crippen LogP contribution in [0, 0.1) is 11.8 Å². The normalized spacial score (nSPS) is 30.6. The van der Waals surface area contributed by atoms with Crippen molar-refractivity contribution >= 4 is 0 Å². The summed E-state index contributed by atoms with van der Waals surface area (Å²) in [5.74, 6) is 1.92. The van der Waals surface area contributed by atoms with Gasteiger partial charge >= 0.3 is 0 Å². The molecule has 2 unspecified atom stereocenters. The molecule has 0 radical (unpaired) electrons. The van der Waals surface area contributed by atoms with Gasteiger partial charge in [0.05, 0.1) is 0 Å². The second-order valence-corrected chi connectivity index (χ2v) is 6.08. The number of hydrogen-bond donors (Lipinski definition) is 1. The number of rotatable bonds is 6. The Bertz CT molecular complexity index is 211. The minimum absolute atomic E-state index is 0.721. The Kier molecular flexibility index (Phi) is 4.26. The molecule has 2 aliphatic rings. The lowest BCUT2D eigenvalue weighted by Crippen LogP contribution is -2.41. The van der Waals surface area contributed by atoms with Crippen molar-refractivity contribution in [2.24, 2.45) is 11.8 Å². The molecule has 16 heavy (non-hydrogen) atoms. The fraction of sp³-hybridized carbons (Fsp3) is 1.00. The molecule has 0 aromatic rings. The molecule has 0 aromatic carbocycles. The molecule has 2 rings (SSSR count). The lowest BCUT2D eigenvalue weighted by molar-refractivity contribution is 0.170. The molecule has 94 valence electrons. The maximum absolute atomic E-state index is 3.50. The average molecular weight is 224 g/mol. The summed E-state index contributed by atoms with van der Waals surface area (Å²) in [4.78, 5) is 2.72. The Balaban J connectivity index is 1.83. The fourth-order valence-electron chi connectivity index (χ4n) is 3.06. The first-order chi connectivity index (χ1) is 7.70. The van der Waals surface area contributed by atoms with Crippen LogP contribution in [0.2, 0.25) is 0 Å². The monoisotopic (exact) mass is 224 g/mol. The number of nitrogens with zero attached hydrogens (tertiary/aromatic N) is 1. The Morgan fingerprint density at radius 2 is 1.88 bits per heavy atom. The molecule has 2 fully saturated rings. The van der Waals surface area contributed by atoms with Gasteiger partial charge in [-0.25, -0.2) is 0 Å². The van der Waals surface area contributed by atoms with Crippen LogP contribution >= 0.6 is 0 Å². The largest absolute Gasteiger partial charge is 0.317 e. The topological polar surface area (TPSA) is 15.3 Å². The smallest absolute Gasteiger partial charge is 0.0104 e. The van der Waals surface area contributed by atoms with Gasteiger partial charge in [0.15, 0.2) is 0 Å². The molecule has 0 heterocycles. The van der Waals surface area contributed by atoms with Gasteiger partial charge in [0.1, 0.15) is 0 Å². The molecule has 2 aliphatic carbocycles. The van der Waals surface area contributed by atoms with Crippen LogP contribution in [-0.2, 0) is 0 Å². The Morgan fingerprint density at radius 1 is 1.12 bits per heavy atom. The second kappa shape index (κ2) is 5.50. The molecule has 0 bridgehead atoms. The highest BCUT2D eigenvalue weighted by molar-refractivity contribution is 4.87. The summed E-state index contributed by atoms with van der Waals surface area (Å²) >= 11 is 0. The van der Waals surface area contributed by atoms with E-state index in [1.807, 2.05) is 0 Å². The molecule has 1 N–H and O–H groups in total. The zero-order valence-electron chi connectivity index (χ0n) is 11.2. The zero-order chi connectivity index (χ0) is 11.5. The van der Waals surface area contributed by atoms with Gasteiger partial charge in [-0.2, -0.15) is 0 Å². The molecule has 2 atom stereocenters. The van der Waals surface area contributed by atoms with Gasteiger partial charge in [0.2, 0.25) is 0 Å². The number of nitrogens with one attached hydrogen (secondary N) is 1. The van der Waals surface area contributed by atoms with E-state index in [9.17, 15) is 0 Å². The molecule has 2 nitrogen and oxygen atoms in total. The van der Waals surface area contributed by atoms with E-state index in [4.69, 9.17) is 0 Å². The second-order valence-electron chi connectivity index (χ2n) is 6.08. The van der Waals surface area contributed by atoms with E-state index in [1.165, 1.54) is 45.2 Å². The molecular formula is C14H28N2. The molecule has 2 saturated carbocycles. The van der Waals surface area contributed by atoms with Gasteiger partial charge in [-0.1, -0.05) is 6.42 Å². The summed E-state index contributed by atoms with van der Waals surface area (Å²) < 4.78 is 0. The Labute approximate surface area is 101 Å². The maximum Gasteiger partial charge on any atom is 0.0104 e. The van der Waals surface area contributed by atoms with Gasteiger partial charge in [-0.3, -0.25) is 0 Å². The van der Waals surface area contributed by atoms with Gasteiger partial charge in [-0.15, -0.1) is 0 Å².